The molecule has 0 spiro atoms. The molecule has 0 saturated carbocycles. The molecule has 4 N–H and O–H groups in total. The van der Waals surface area contributed by atoms with Crippen LogP contribution in [0.15, 0.2) is 146 Å². The second-order valence-electron chi connectivity index (χ2n) is 17.9. The maximum absolute atomic E-state index is 15.0. The zero-order valence-corrected chi connectivity index (χ0v) is 39.9. The first-order valence-corrected chi connectivity index (χ1v) is 23.6. The molecule has 1 aliphatic heterocycles. The molecule has 6 rings (SSSR count). The molecule has 5 aromatic carbocycles. The van der Waals surface area contributed by atoms with E-state index in [0.717, 1.165) is 40.9 Å². The highest BCUT2D eigenvalue weighted by Gasteiger charge is 2.47. The number of morpholine rings is 1. The van der Waals surface area contributed by atoms with Crippen molar-refractivity contribution in [2.24, 2.45) is 11.8 Å². The van der Waals surface area contributed by atoms with Gasteiger partial charge in [-0.3, -0.25) is 14.5 Å². The Bertz CT molecular complexity index is 2380. The van der Waals surface area contributed by atoms with E-state index in [-0.39, 0.29) is 38.0 Å². The quantitative estimate of drug-likeness (QED) is 0.0305. The van der Waals surface area contributed by atoms with Gasteiger partial charge in [-0.1, -0.05) is 161 Å². The first-order chi connectivity index (χ1) is 33.4. The van der Waals surface area contributed by atoms with Gasteiger partial charge in [0.25, 0.3) is 0 Å². The van der Waals surface area contributed by atoms with Crippen LogP contribution in [0.3, 0.4) is 0 Å². The first-order valence-electron chi connectivity index (χ1n) is 23.6. The fourth-order valence-corrected chi connectivity index (χ4v) is 8.02. The maximum atomic E-state index is 15.0. The lowest BCUT2D eigenvalue weighted by Crippen LogP contribution is -2.69. The molecule has 364 valence electrons. The van der Waals surface area contributed by atoms with Gasteiger partial charge >= 0.3 is 18.2 Å². The van der Waals surface area contributed by atoms with Gasteiger partial charge < -0.3 is 40.2 Å². The van der Waals surface area contributed by atoms with E-state index in [1.165, 1.54) is 0 Å². The summed E-state index contributed by atoms with van der Waals surface area (Å²) in [6.45, 7) is 10.6. The minimum absolute atomic E-state index is 0.0145. The summed E-state index contributed by atoms with van der Waals surface area (Å²) in [6.07, 6.45) is -1.30. The summed E-state index contributed by atoms with van der Waals surface area (Å²) in [7, 11) is 0. The van der Waals surface area contributed by atoms with Gasteiger partial charge in [0, 0.05) is 26.1 Å². The van der Waals surface area contributed by atoms with Crippen LogP contribution in [-0.2, 0) is 61.1 Å². The van der Waals surface area contributed by atoms with Gasteiger partial charge in [-0.05, 0) is 64.6 Å². The second kappa shape index (κ2) is 25.9. The number of hydrogen-bond acceptors (Lipinski definition) is 10. The highest BCUT2D eigenvalue weighted by Crippen LogP contribution is 2.28. The number of carbonyl (C=O) groups is 5. The molecule has 1 fully saturated rings. The fourth-order valence-electron chi connectivity index (χ4n) is 8.02. The van der Waals surface area contributed by atoms with E-state index in [9.17, 15) is 19.2 Å². The molecule has 69 heavy (non-hydrogen) atoms. The number of ether oxygens (including phenoxy) is 4. The molecule has 0 bridgehead atoms. The number of aryl methyl sites for hydroxylation is 1. The Morgan fingerprint density at radius 3 is 1.52 bits per heavy atom. The summed E-state index contributed by atoms with van der Waals surface area (Å²) in [6, 6.07) is 40.8. The summed E-state index contributed by atoms with van der Waals surface area (Å²) >= 11 is 0. The lowest BCUT2D eigenvalue weighted by molar-refractivity contribution is -0.140. The fraction of sp³-hybridized carbons (Fsp3) is 0.364. The van der Waals surface area contributed by atoms with Crippen LogP contribution in [-0.4, -0.2) is 85.0 Å². The molecular weight excluding hydrogens is 875 g/mol. The van der Waals surface area contributed by atoms with Crippen LogP contribution in [0.4, 0.5) is 9.59 Å². The van der Waals surface area contributed by atoms with Crippen LogP contribution in [0.2, 0.25) is 0 Å². The molecule has 14 nitrogen and oxygen atoms in total. The van der Waals surface area contributed by atoms with Crippen molar-refractivity contribution in [3.63, 3.8) is 0 Å². The van der Waals surface area contributed by atoms with Crippen LogP contribution in [0, 0.1) is 11.8 Å². The maximum Gasteiger partial charge on any atom is 0.408 e. The van der Waals surface area contributed by atoms with Gasteiger partial charge in [0.15, 0.2) is 0 Å². The van der Waals surface area contributed by atoms with Crippen molar-refractivity contribution in [3.8, 4) is 0 Å². The van der Waals surface area contributed by atoms with Crippen LogP contribution in [0.5, 0.6) is 0 Å². The van der Waals surface area contributed by atoms with Crippen LogP contribution >= 0.6 is 0 Å². The Kier molecular flexibility index (Phi) is 19.3. The minimum atomic E-state index is -1.99. The van der Waals surface area contributed by atoms with Crippen LogP contribution < -0.4 is 21.3 Å². The number of rotatable bonds is 22. The lowest BCUT2D eigenvalue weighted by Gasteiger charge is -2.43. The van der Waals surface area contributed by atoms with E-state index in [4.69, 9.17) is 18.9 Å². The van der Waals surface area contributed by atoms with Crippen LogP contribution in [0.25, 0.3) is 0 Å². The van der Waals surface area contributed by atoms with Gasteiger partial charge in [0.1, 0.15) is 25.3 Å². The third kappa shape index (κ3) is 16.0. The van der Waals surface area contributed by atoms with Gasteiger partial charge in [0.2, 0.25) is 17.5 Å². The highest BCUT2D eigenvalue weighted by molar-refractivity contribution is 5.91. The minimum Gasteiger partial charge on any atom is -0.445 e. The number of nitrogens with one attached hydrogen (secondary N) is 4. The third-order valence-electron chi connectivity index (χ3n) is 12.0. The summed E-state index contributed by atoms with van der Waals surface area (Å²) in [5.74, 6) is -2.96. The smallest absolute Gasteiger partial charge is 0.408 e. The van der Waals surface area contributed by atoms with E-state index in [0.29, 0.717) is 19.8 Å². The number of amides is 4. The normalized spacial score (nSPS) is 14.9. The van der Waals surface area contributed by atoms with Crippen molar-refractivity contribution in [2.75, 3.05) is 26.3 Å². The van der Waals surface area contributed by atoms with Crippen LogP contribution in [0.1, 0.15) is 72.3 Å². The average molecular weight is 940 g/mol. The van der Waals surface area contributed by atoms with E-state index < -0.39 is 65.7 Å². The molecule has 0 aromatic heterocycles. The van der Waals surface area contributed by atoms with Crippen molar-refractivity contribution in [1.82, 2.24) is 26.2 Å². The number of benzene rings is 5. The zero-order chi connectivity index (χ0) is 49.0. The number of alkyl carbamates (subject to hydrolysis) is 2. The van der Waals surface area contributed by atoms with E-state index >= 15 is 4.79 Å². The zero-order valence-electron chi connectivity index (χ0n) is 39.9. The molecule has 4 atom stereocenters. The molecule has 14 heteroatoms. The average Bonchev–Trinajstić information content (AvgIpc) is 3.36. The predicted molar refractivity (Wildman–Crippen MR) is 262 cm³/mol. The highest BCUT2D eigenvalue weighted by atomic mass is 16.6. The summed E-state index contributed by atoms with van der Waals surface area (Å²) in [5.41, 5.74) is 2.38. The molecule has 0 aliphatic carbocycles. The Balaban J connectivity index is 1.38. The monoisotopic (exact) mass is 939 g/mol. The SMILES string of the molecule is CC(C)[C@H](NC(=O)OCc1ccccc1)C(=O)NC(Cc1ccccc1)C(CCc1ccccc1)(NC(=O)[C@@H](NC(=O)OCc1ccccc1)C(C)C)OC(=O)c1ccc(CN2CCOCC2)cc1. The molecule has 1 aliphatic rings. The van der Waals surface area contributed by atoms with E-state index in [1.807, 2.05) is 133 Å². The summed E-state index contributed by atoms with van der Waals surface area (Å²) < 4.78 is 23.3. The standard InChI is InChI=1S/C55H65N5O9/c1-39(2)48(57-53(64)67-37-44-21-13-7-14-22-44)50(61)56-47(35-42-19-11-6-12-20-42)55(30-29-41-17-9-5-10-18-41,69-52(63)46-27-25-43(26-28-46)36-60-31-33-66-34-32-60)59-51(62)49(40(3)4)58-54(65)68-38-45-23-15-8-16-24-45/h5-28,39-40,47-49H,29-38H2,1-4H3,(H,56,61)(H,57,64)(H,58,65)(H,59,62)/t47?,48-,49-,55?/m0/s1. The van der Waals surface area contributed by atoms with Gasteiger partial charge in [-0.15, -0.1) is 0 Å². The molecule has 4 amide bonds. The van der Waals surface area contributed by atoms with Gasteiger partial charge in [0.05, 0.1) is 24.8 Å². The van der Waals surface area contributed by atoms with Crippen molar-refractivity contribution in [1.29, 1.82) is 0 Å². The topological polar surface area (TPSA) is 174 Å². The summed E-state index contributed by atoms with van der Waals surface area (Å²) in [5, 5.41) is 11.7. The summed E-state index contributed by atoms with van der Waals surface area (Å²) in [4.78, 5) is 73.6. The van der Waals surface area contributed by atoms with Crippen molar-refractivity contribution < 1.29 is 42.9 Å². The van der Waals surface area contributed by atoms with Crippen molar-refractivity contribution in [2.45, 2.75) is 90.6 Å². The Morgan fingerprint density at radius 1 is 0.565 bits per heavy atom. The molecule has 1 saturated heterocycles. The predicted octanol–water partition coefficient (Wildman–Crippen LogP) is 7.75. The molecule has 5 aromatic rings. The molecule has 0 radical (unpaired) electrons. The van der Waals surface area contributed by atoms with Crippen molar-refractivity contribution >= 4 is 30.0 Å². The largest absolute Gasteiger partial charge is 0.445 e. The number of nitrogens with zero attached hydrogens (tertiary/aromatic N) is 1. The Labute approximate surface area is 405 Å². The molecule has 1 heterocycles. The Morgan fingerprint density at radius 2 is 1.03 bits per heavy atom. The number of esters is 1. The third-order valence-corrected chi connectivity index (χ3v) is 12.0. The Hall–Kier alpha value is -7.03. The van der Waals surface area contributed by atoms with E-state index in [2.05, 4.69) is 26.2 Å². The van der Waals surface area contributed by atoms with Gasteiger partial charge in [-0.2, -0.15) is 0 Å². The first kappa shape index (κ1) is 51.4. The van der Waals surface area contributed by atoms with Crippen molar-refractivity contribution in [3.05, 3.63) is 179 Å². The number of hydrogen-bond donors (Lipinski definition) is 4. The molecule has 2 unspecified atom stereocenters. The van der Waals surface area contributed by atoms with Gasteiger partial charge in [-0.25, -0.2) is 14.4 Å². The second-order valence-corrected chi connectivity index (χ2v) is 17.9. The van der Waals surface area contributed by atoms with E-state index in [1.54, 1.807) is 39.8 Å². The lowest BCUT2D eigenvalue weighted by atomic mass is 9.88. The number of carbonyl (C=O) groups excluding carboxylic acids is 5. The molecular formula is C55H65N5O9.